The molecule has 2 N–H and O–H groups in total. The lowest BCUT2D eigenvalue weighted by Gasteiger charge is -2.14. The molecule has 0 aliphatic carbocycles. The number of ether oxygens (including phenoxy) is 2. The summed E-state index contributed by atoms with van der Waals surface area (Å²) in [5.41, 5.74) is 0.475. The zero-order valence-corrected chi connectivity index (χ0v) is 13.6. The van der Waals surface area contributed by atoms with E-state index in [2.05, 4.69) is 20.5 Å². The lowest BCUT2D eigenvalue weighted by atomic mass is 10.1. The van der Waals surface area contributed by atoms with Gasteiger partial charge in [0.1, 0.15) is 18.2 Å². The number of H-pyrrole nitrogens is 1. The van der Waals surface area contributed by atoms with E-state index in [9.17, 15) is 4.79 Å². The fourth-order valence-electron chi connectivity index (χ4n) is 2.03. The summed E-state index contributed by atoms with van der Waals surface area (Å²) in [5.74, 6) is 1.56. The van der Waals surface area contributed by atoms with Gasteiger partial charge in [0.25, 0.3) is 5.91 Å². The third-order valence-electron chi connectivity index (χ3n) is 3.17. The van der Waals surface area contributed by atoms with Crippen LogP contribution in [-0.4, -0.2) is 40.9 Å². The minimum Gasteiger partial charge on any atom is -0.490 e. The van der Waals surface area contributed by atoms with E-state index in [1.165, 1.54) is 0 Å². The molecule has 7 heteroatoms. The van der Waals surface area contributed by atoms with Crippen molar-refractivity contribution in [3.05, 3.63) is 41.5 Å². The molecule has 23 heavy (non-hydrogen) atoms. The minimum atomic E-state index is -0.302. The van der Waals surface area contributed by atoms with Crippen LogP contribution in [0.15, 0.2) is 24.3 Å². The first kappa shape index (κ1) is 17.0. The average Bonchev–Trinajstić information content (AvgIpc) is 2.98. The Bertz CT molecular complexity index is 642. The maximum Gasteiger partial charge on any atom is 0.255 e. The molecule has 0 saturated heterocycles. The molecule has 0 bridgehead atoms. The lowest BCUT2D eigenvalue weighted by molar-refractivity contribution is 0.0922. The number of para-hydroxylation sites is 1. The molecule has 2 rings (SSSR count). The van der Waals surface area contributed by atoms with Crippen LogP contribution in [0.5, 0.6) is 5.75 Å². The van der Waals surface area contributed by atoms with Crippen LogP contribution in [0, 0.1) is 6.92 Å². The molecule has 0 saturated carbocycles. The molecular formula is C16H22N4O3. The lowest BCUT2D eigenvalue weighted by Crippen LogP contribution is -2.28. The molecule has 0 radical (unpaired) electrons. The number of aryl methyl sites for hydroxylation is 1. The smallest absolute Gasteiger partial charge is 0.255 e. The summed E-state index contributed by atoms with van der Waals surface area (Å²) in [5, 5.41) is 9.69. The fourth-order valence-corrected chi connectivity index (χ4v) is 2.03. The van der Waals surface area contributed by atoms with Crippen molar-refractivity contribution in [3.63, 3.8) is 0 Å². The molecule has 0 fully saturated rings. The van der Waals surface area contributed by atoms with Crippen LogP contribution in [0.1, 0.15) is 41.9 Å². The predicted molar refractivity (Wildman–Crippen MR) is 85.4 cm³/mol. The van der Waals surface area contributed by atoms with Crippen molar-refractivity contribution >= 4 is 5.91 Å². The molecule has 1 aromatic carbocycles. The predicted octanol–water partition coefficient (Wildman–Crippen LogP) is 2.02. The third-order valence-corrected chi connectivity index (χ3v) is 3.17. The zero-order chi connectivity index (χ0) is 16.7. The highest BCUT2D eigenvalue weighted by Crippen LogP contribution is 2.19. The van der Waals surface area contributed by atoms with Crippen molar-refractivity contribution in [1.82, 2.24) is 20.5 Å². The van der Waals surface area contributed by atoms with Gasteiger partial charge in [0, 0.05) is 6.61 Å². The highest BCUT2D eigenvalue weighted by molar-refractivity contribution is 5.97. The molecule has 0 aliphatic rings. The van der Waals surface area contributed by atoms with Crippen LogP contribution in [0.25, 0.3) is 0 Å². The molecule has 7 nitrogen and oxygen atoms in total. The molecular weight excluding hydrogens is 296 g/mol. The van der Waals surface area contributed by atoms with Gasteiger partial charge >= 0.3 is 0 Å². The van der Waals surface area contributed by atoms with Crippen molar-refractivity contribution in [1.29, 1.82) is 0 Å². The molecule has 1 atom stereocenters. The maximum absolute atomic E-state index is 12.5. The zero-order valence-electron chi connectivity index (χ0n) is 13.6. The second-order valence-electron chi connectivity index (χ2n) is 5.02. The second kappa shape index (κ2) is 8.28. The number of carbonyl (C=O) groups is 1. The summed E-state index contributed by atoms with van der Waals surface area (Å²) in [7, 11) is 0. The van der Waals surface area contributed by atoms with Gasteiger partial charge in [-0.25, -0.2) is 4.98 Å². The fraction of sp³-hybridized carbons (Fsp3) is 0.438. The van der Waals surface area contributed by atoms with Gasteiger partial charge in [0.15, 0.2) is 5.82 Å². The number of hydrogen-bond donors (Lipinski definition) is 2. The monoisotopic (exact) mass is 318 g/mol. The normalized spacial score (nSPS) is 12.0. The first-order valence-electron chi connectivity index (χ1n) is 7.61. The number of aromatic nitrogens is 3. The highest BCUT2D eigenvalue weighted by Gasteiger charge is 2.17. The quantitative estimate of drug-likeness (QED) is 0.727. The molecule has 2 aromatic rings. The molecule has 1 aromatic heterocycles. The number of hydrogen-bond acceptors (Lipinski definition) is 5. The molecule has 0 spiro atoms. The van der Waals surface area contributed by atoms with E-state index in [-0.39, 0.29) is 11.9 Å². The summed E-state index contributed by atoms with van der Waals surface area (Å²) in [6.07, 6.45) is 0. The highest BCUT2D eigenvalue weighted by atomic mass is 16.5. The summed E-state index contributed by atoms with van der Waals surface area (Å²) in [4.78, 5) is 16.7. The molecule has 0 aliphatic heterocycles. The van der Waals surface area contributed by atoms with Crippen molar-refractivity contribution in [2.24, 2.45) is 0 Å². The molecule has 1 heterocycles. The summed E-state index contributed by atoms with van der Waals surface area (Å²) in [6.45, 7) is 7.09. The van der Waals surface area contributed by atoms with Crippen molar-refractivity contribution < 1.29 is 14.3 Å². The van der Waals surface area contributed by atoms with Gasteiger partial charge in [0.2, 0.25) is 0 Å². The topological polar surface area (TPSA) is 89.1 Å². The van der Waals surface area contributed by atoms with Gasteiger partial charge in [-0.3, -0.25) is 9.89 Å². The van der Waals surface area contributed by atoms with Gasteiger partial charge in [0.05, 0.1) is 18.2 Å². The number of amides is 1. The van der Waals surface area contributed by atoms with E-state index in [0.29, 0.717) is 42.8 Å². The number of benzene rings is 1. The Hall–Kier alpha value is -2.41. The van der Waals surface area contributed by atoms with Crippen molar-refractivity contribution in [2.45, 2.75) is 26.8 Å². The van der Waals surface area contributed by atoms with E-state index in [4.69, 9.17) is 9.47 Å². The number of carbonyl (C=O) groups excluding carboxylic acids is 1. The Labute approximate surface area is 135 Å². The van der Waals surface area contributed by atoms with Crippen molar-refractivity contribution in [2.75, 3.05) is 19.8 Å². The molecule has 1 amide bonds. The number of rotatable bonds is 8. The standard InChI is InChI=1S/C16H22N4O3/c1-4-22-9-10-23-14-8-6-5-7-13(14)16(21)17-11(2)15-18-12(3)19-20-15/h5-8,11H,4,9-10H2,1-3H3,(H,17,21)(H,18,19,20)/t11-/m1/s1. The average molecular weight is 318 g/mol. The Morgan fingerprint density at radius 3 is 2.83 bits per heavy atom. The van der Waals surface area contributed by atoms with Crippen molar-refractivity contribution in [3.8, 4) is 5.75 Å². The number of nitrogens with one attached hydrogen (secondary N) is 2. The van der Waals surface area contributed by atoms with E-state index in [0.717, 1.165) is 0 Å². The van der Waals surface area contributed by atoms with Crippen LogP contribution in [-0.2, 0) is 4.74 Å². The first-order valence-corrected chi connectivity index (χ1v) is 7.61. The van der Waals surface area contributed by atoms with Crippen LogP contribution >= 0.6 is 0 Å². The van der Waals surface area contributed by atoms with Gasteiger partial charge in [-0.1, -0.05) is 12.1 Å². The van der Waals surface area contributed by atoms with Gasteiger partial charge in [-0.2, -0.15) is 5.10 Å². The van der Waals surface area contributed by atoms with E-state index in [1.807, 2.05) is 26.8 Å². The van der Waals surface area contributed by atoms with E-state index < -0.39 is 0 Å². The van der Waals surface area contributed by atoms with Gasteiger partial charge in [-0.15, -0.1) is 0 Å². The number of nitrogens with zero attached hydrogens (tertiary/aromatic N) is 2. The van der Waals surface area contributed by atoms with Crippen LogP contribution in [0.2, 0.25) is 0 Å². The number of aromatic amines is 1. The van der Waals surface area contributed by atoms with E-state index >= 15 is 0 Å². The second-order valence-corrected chi connectivity index (χ2v) is 5.02. The molecule has 0 unspecified atom stereocenters. The minimum absolute atomic E-state index is 0.230. The summed E-state index contributed by atoms with van der Waals surface area (Å²) in [6, 6.07) is 6.81. The van der Waals surface area contributed by atoms with E-state index in [1.54, 1.807) is 18.2 Å². The van der Waals surface area contributed by atoms with Gasteiger partial charge in [-0.05, 0) is 32.9 Å². The van der Waals surface area contributed by atoms with Crippen LogP contribution in [0.4, 0.5) is 0 Å². The SMILES string of the molecule is CCOCCOc1ccccc1C(=O)N[C@H](C)c1n[nH]c(C)n1. The Morgan fingerprint density at radius 2 is 2.13 bits per heavy atom. The molecule has 124 valence electrons. The Kier molecular flexibility index (Phi) is 6.10. The first-order chi connectivity index (χ1) is 11.1. The van der Waals surface area contributed by atoms with Crippen LogP contribution < -0.4 is 10.1 Å². The van der Waals surface area contributed by atoms with Gasteiger partial charge < -0.3 is 14.8 Å². The Morgan fingerprint density at radius 1 is 1.35 bits per heavy atom. The maximum atomic E-state index is 12.5. The summed E-state index contributed by atoms with van der Waals surface area (Å²) < 4.78 is 10.9. The Balaban J connectivity index is 2.01. The largest absolute Gasteiger partial charge is 0.490 e. The van der Waals surface area contributed by atoms with Crippen LogP contribution in [0.3, 0.4) is 0 Å². The third kappa shape index (κ3) is 4.79. The summed E-state index contributed by atoms with van der Waals surface area (Å²) >= 11 is 0.